The summed E-state index contributed by atoms with van der Waals surface area (Å²) in [5.74, 6) is -0.117. The van der Waals surface area contributed by atoms with Crippen molar-refractivity contribution in [1.29, 1.82) is 0 Å². The molecule has 0 fully saturated rings. The SMILES string of the molecule is CCc1ccc(NC(=O)COC(C)(C)C)cc1C. The number of benzene rings is 1. The van der Waals surface area contributed by atoms with E-state index in [1.807, 2.05) is 32.9 Å². The number of carbonyl (C=O) groups excluding carboxylic acids is 1. The largest absolute Gasteiger partial charge is 0.366 e. The molecule has 0 radical (unpaired) electrons. The topological polar surface area (TPSA) is 38.3 Å². The first kappa shape index (κ1) is 14.7. The van der Waals surface area contributed by atoms with Gasteiger partial charge in [0.05, 0.1) is 5.60 Å². The summed E-state index contributed by atoms with van der Waals surface area (Å²) in [5.41, 5.74) is 3.04. The molecule has 0 saturated carbocycles. The van der Waals surface area contributed by atoms with Crippen molar-refractivity contribution < 1.29 is 9.53 Å². The van der Waals surface area contributed by atoms with Gasteiger partial charge in [0.1, 0.15) is 6.61 Å². The Bertz CT molecular complexity index is 419. The summed E-state index contributed by atoms with van der Waals surface area (Å²) in [6.45, 7) is 10.1. The zero-order valence-corrected chi connectivity index (χ0v) is 12.0. The highest BCUT2D eigenvalue weighted by Gasteiger charge is 2.13. The fourth-order valence-corrected chi connectivity index (χ4v) is 1.65. The highest BCUT2D eigenvalue weighted by molar-refractivity contribution is 5.91. The third-order valence-corrected chi connectivity index (χ3v) is 2.64. The van der Waals surface area contributed by atoms with Gasteiger partial charge in [-0.05, 0) is 57.4 Å². The third-order valence-electron chi connectivity index (χ3n) is 2.64. The average molecular weight is 249 g/mol. The molecule has 0 atom stereocenters. The van der Waals surface area contributed by atoms with Gasteiger partial charge in [-0.15, -0.1) is 0 Å². The van der Waals surface area contributed by atoms with Crippen LogP contribution in [0.5, 0.6) is 0 Å². The van der Waals surface area contributed by atoms with Crippen LogP contribution in [0, 0.1) is 6.92 Å². The molecule has 1 rings (SSSR count). The van der Waals surface area contributed by atoms with E-state index < -0.39 is 0 Å². The molecule has 3 heteroatoms. The number of nitrogens with one attached hydrogen (secondary N) is 1. The number of ether oxygens (including phenoxy) is 1. The van der Waals surface area contributed by atoms with Crippen LogP contribution >= 0.6 is 0 Å². The second-order valence-electron chi connectivity index (χ2n) is 5.44. The van der Waals surface area contributed by atoms with E-state index in [2.05, 4.69) is 25.2 Å². The highest BCUT2D eigenvalue weighted by Crippen LogP contribution is 2.15. The summed E-state index contributed by atoms with van der Waals surface area (Å²) >= 11 is 0. The zero-order chi connectivity index (χ0) is 13.8. The summed E-state index contributed by atoms with van der Waals surface area (Å²) in [5, 5.41) is 2.84. The Morgan fingerprint density at radius 2 is 2.00 bits per heavy atom. The molecule has 0 bridgehead atoms. The molecular weight excluding hydrogens is 226 g/mol. The lowest BCUT2D eigenvalue weighted by Crippen LogP contribution is -2.27. The van der Waals surface area contributed by atoms with Gasteiger partial charge < -0.3 is 10.1 Å². The van der Waals surface area contributed by atoms with E-state index in [4.69, 9.17) is 4.74 Å². The fourth-order valence-electron chi connectivity index (χ4n) is 1.65. The molecule has 18 heavy (non-hydrogen) atoms. The maximum atomic E-state index is 11.7. The van der Waals surface area contributed by atoms with Crippen molar-refractivity contribution in [3.63, 3.8) is 0 Å². The molecule has 0 aliphatic heterocycles. The summed E-state index contributed by atoms with van der Waals surface area (Å²) in [4.78, 5) is 11.7. The second-order valence-corrected chi connectivity index (χ2v) is 5.44. The van der Waals surface area contributed by atoms with Gasteiger partial charge in [-0.1, -0.05) is 13.0 Å². The molecule has 100 valence electrons. The van der Waals surface area contributed by atoms with Gasteiger partial charge in [-0.25, -0.2) is 0 Å². The minimum Gasteiger partial charge on any atom is -0.366 e. The fraction of sp³-hybridized carbons (Fsp3) is 0.533. The van der Waals surface area contributed by atoms with E-state index in [9.17, 15) is 4.79 Å². The van der Waals surface area contributed by atoms with E-state index >= 15 is 0 Å². The number of aryl methyl sites for hydroxylation is 2. The molecule has 3 nitrogen and oxygen atoms in total. The van der Waals surface area contributed by atoms with Crippen LogP contribution in [0.3, 0.4) is 0 Å². The summed E-state index contributed by atoms with van der Waals surface area (Å²) in [6.07, 6.45) is 1.01. The minimum atomic E-state index is -0.292. The number of rotatable bonds is 4. The quantitative estimate of drug-likeness (QED) is 0.889. The monoisotopic (exact) mass is 249 g/mol. The molecule has 0 aromatic heterocycles. The first-order chi connectivity index (χ1) is 8.31. The van der Waals surface area contributed by atoms with Crippen LogP contribution in [-0.2, 0) is 16.0 Å². The predicted octanol–water partition coefficient (Wildman–Crippen LogP) is 3.31. The summed E-state index contributed by atoms with van der Waals surface area (Å²) < 4.78 is 5.43. The standard InChI is InChI=1S/C15H23NO2/c1-6-12-7-8-13(9-11(12)2)16-14(17)10-18-15(3,4)5/h7-9H,6,10H2,1-5H3,(H,16,17). The van der Waals surface area contributed by atoms with Gasteiger partial charge in [0.25, 0.3) is 0 Å². The van der Waals surface area contributed by atoms with Crippen molar-refractivity contribution in [2.45, 2.75) is 46.6 Å². The Hall–Kier alpha value is -1.35. The normalized spacial score (nSPS) is 11.4. The number of amides is 1. The van der Waals surface area contributed by atoms with Gasteiger partial charge in [-0.2, -0.15) is 0 Å². The molecular formula is C15H23NO2. The van der Waals surface area contributed by atoms with E-state index in [0.717, 1.165) is 12.1 Å². The van der Waals surface area contributed by atoms with Crippen LogP contribution in [0.1, 0.15) is 38.8 Å². The lowest BCUT2D eigenvalue weighted by molar-refractivity contribution is -0.125. The first-order valence-corrected chi connectivity index (χ1v) is 6.35. The lowest BCUT2D eigenvalue weighted by Gasteiger charge is -2.19. The van der Waals surface area contributed by atoms with E-state index in [0.29, 0.717) is 0 Å². The van der Waals surface area contributed by atoms with E-state index in [1.54, 1.807) is 0 Å². The summed E-state index contributed by atoms with van der Waals surface area (Å²) in [7, 11) is 0. The van der Waals surface area contributed by atoms with E-state index in [1.165, 1.54) is 11.1 Å². The first-order valence-electron chi connectivity index (χ1n) is 6.35. The Morgan fingerprint density at radius 1 is 1.33 bits per heavy atom. The van der Waals surface area contributed by atoms with Crippen molar-refractivity contribution >= 4 is 11.6 Å². The number of anilines is 1. The van der Waals surface area contributed by atoms with Crippen LogP contribution in [-0.4, -0.2) is 18.1 Å². The molecule has 0 heterocycles. The maximum absolute atomic E-state index is 11.7. The van der Waals surface area contributed by atoms with Crippen molar-refractivity contribution in [3.8, 4) is 0 Å². The maximum Gasteiger partial charge on any atom is 0.250 e. The molecule has 1 amide bonds. The Balaban J connectivity index is 2.57. The van der Waals surface area contributed by atoms with Crippen molar-refractivity contribution in [3.05, 3.63) is 29.3 Å². The molecule has 0 spiro atoms. The highest BCUT2D eigenvalue weighted by atomic mass is 16.5. The number of hydrogen-bond donors (Lipinski definition) is 1. The smallest absolute Gasteiger partial charge is 0.250 e. The molecule has 1 aromatic carbocycles. The molecule has 0 aliphatic carbocycles. The molecule has 0 aliphatic rings. The van der Waals surface area contributed by atoms with Gasteiger partial charge in [0, 0.05) is 5.69 Å². The van der Waals surface area contributed by atoms with Crippen molar-refractivity contribution in [2.24, 2.45) is 0 Å². The summed E-state index contributed by atoms with van der Waals surface area (Å²) in [6, 6.07) is 5.98. The van der Waals surface area contributed by atoms with Crippen LogP contribution in [0.15, 0.2) is 18.2 Å². The van der Waals surface area contributed by atoms with E-state index in [-0.39, 0.29) is 18.1 Å². The van der Waals surface area contributed by atoms with Crippen LogP contribution < -0.4 is 5.32 Å². The molecule has 1 aromatic rings. The van der Waals surface area contributed by atoms with Crippen LogP contribution in [0.25, 0.3) is 0 Å². The van der Waals surface area contributed by atoms with Crippen molar-refractivity contribution in [2.75, 3.05) is 11.9 Å². The molecule has 1 N–H and O–H groups in total. The number of hydrogen-bond acceptors (Lipinski definition) is 2. The average Bonchev–Trinajstić information content (AvgIpc) is 2.26. The Kier molecular flexibility index (Phi) is 4.91. The Morgan fingerprint density at radius 3 is 2.50 bits per heavy atom. The molecule has 0 saturated heterocycles. The van der Waals surface area contributed by atoms with Crippen molar-refractivity contribution in [1.82, 2.24) is 0 Å². The minimum absolute atomic E-state index is 0.0814. The van der Waals surface area contributed by atoms with Crippen LogP contribution in [0.4, 0.5) is 5.69 Å². The zero-order valence-electron chi connectivity index (χ0n) is 12.0. The van der Waals surface area contributed by atoms with Gasteiger partial charge in [0.2, 0.25) is 5.91 Å². The Labute approximate surface area is 110 Å². The van der Waals surface area contributed by atoms with Gasteiger partial charge >= 0.3 is 0 Å². The van der Waals surface area contributed by atoms with Gasteiger partial charge in [-0.3, -0.25) is 4.79 Å². The van der Waals surface area contributed by atoms with Gasteiger partial charge in [0.15, 0.2) is 0 Å². The second kappa shape index (κ2) is 6.01. The lowest BCUT2D eigenvalue weighted by atomic mass is 10.1. The molecule has 0 unspecified atom stereocenters. The predicted molar refractivity (Wildman–Crippen MR) is 74.9 cm³/mol. The third kappa shape index (κ3) is 4.88. The van der Waals surface area contributed by atoms with Crippen LogP contribution in [0.2, 0.25) is 0 Å². The number of carbonyl (C=O) groups is 1.